The van der Waals surface area contributed by atoms with Crippen molar-refractivity contribution in [3.63, 3.8) is 0 Å². The molecule has 2 heterocycles. The van der Waals surface area contributed by atoms with Gasteiger partial charge >= 0.3 is 5.97 Å². The Kier molecular flexibility index (Phi) is 28.4. The van der Waals surface area contributed by atoms with Gasteiger partial charge in [-0.05, 0) is 38.3 Å². The maximum atomic E-state index is 13.2. The molecular weight excluding hydrogens is 818 g/mol. The highest BCUT2D eigenvalue weighted by molar-refractivity contribution is 6.26. The van der Waals surface area contributed by atoms with Crippen LogP contribution < -0.4 is 10.6 Å². The first-order valence-electron chi connectivity index (χ1n) is 21.4. The van der Waals surface area contributed by atoms with E-state index in [2.05, 4.69) is 10.6 Å². The third-order valence-electron chi connectivity index (χ3n) is 9.04. The van der Waals surface area contributed by atoms with Crippen LogP contribution in [0, 0.1) is 0 Å². The molecule has 5 amide bonds. The summed E-state index contributed by atoms with van der Waals surface area (Å²) < 4.78 is 59.5. The molecule has 2 aliphatic heterocycles. The standard InChI is InChI=1S/C42H65N3O17/c1-2-62-38(48)12-14-53-16-18-55-20-22-57-24-26-59-28-30-61-32-31-60-29-27-58-25-23-56-21-19-54-17-15-52-13-5-3-4-9-36(46)43-34-8-6-7-33-39(34)42(51)45(41(33)50)35-10-11-37(47)44-40(35)49/h6-8,35H,2-5,9-32H2,1H3,(H,43,46)(H,44,47,49). The average molecular weight is 884 g/mol. The molecule has 20 heteroatoms. The largest absolute Gasteiger partial charge is 0.466 e. The van der Waals surface area contributed by atoms with E-state index in [9.17, 15) is 28.8 Å². The van der Waals surface area contributed by atoms with Gasteiger partial charge in [0.05, 0.1) is 155 Å². The zero-order valence-electron chi connectivity index (χ0n) is 36.0. The fraction of sp³-hybridized carbons (Fsp3) is 0.714. The van der Waals surface area contributed by atoms with Gasteiger partial charge < -0.3 is 57.4 Å². The molecule has 0 spiro atoms. The second kappa shape index (κ2) is 33.6. The third-order valence-corrected chi connectivity index (χ3v) is 9.04. The monoisotopic (exact) mass is 883 g/mol. The number of carbonyl (C=O) groups is 6. The van der Waals surface area contributed by atoms with Crippen LogP contribution in [-0.2, 0) is 71.3 Å². The Morgan fingerprint density at radius 2 is 1.06 bits per heavy atom. The van der Waals surface area contributed by atoms with E-state index in [1.54, 1.807) is 19.1 Å². The quantitative estimate of drug-likeness (QED) is 0.0545. The Hall–Kier alpha value is -3.96. The zero-order valence-corrected chi connectivity index (χ0v) is 36.0. The van der Waals surface area contributed by atoms with Crippen LogP contribution in [0.1, 0.15) is 72.6 Å². The number of rotatable bonds is 39. The van der Waals surface area contributed by atoms with Crippen LogP contribution in [0.4, 0.5) is 5.69 Å². The summed E-state index contributed by atoms with van der Waals surface area (Å²) in [6.07, 6.45) is 2.67. The molecule has 350 valence electrons. The van der Waals surface area contributed by atoms with Crippen LogP contribution in [0.5, 0.6) is 0 Å². The number of imide groups is 2. The molecule has 1 saturated heterocycles. The number of hydrogen-bond acceptors (Lipinski definition) is 17. The summed E-state index contributed by atoms with van der Waals surface area (Å²) in [5.41, 5.74) is 0.372. The molecule has 62 heavy (non-hydrogen) atoms. The molecule has 1 aromatic rings. The van der Waals surface area contributed by atoms with E-state index in [0.29, 0.717) is 145 Å². The van der Waals surface area contributed by atoms with E-state index in [1.807, 2.05) is 0 Å². The van der Waals surface area contributed by atoms with Crippen molar-refractivity contribution < 1.29 is 80.9 Å². The summed E-state index contributed by atoms with van der Waals surface area (Å²) in [4.78, 5) is 74.7. The summed E-state index contributed by atoms with van der Waals surface area (Å²) >= 11 is 0. The van der Waals surface area contributed by atoms with E-state index in [0.717, 1.165) is 17.7 Å². The minimum absolute atomic E-state index is 0.0252. The minimum Gasteiger partial charge on any atom is -0.466 e. The lowest BCUT2D eigenvalue weighted by Crippen LogP contribution is -2.54. The molecule has 0 saturated carbocycles. The lowest BCUT2D eigenvalue weighted by atomic mass is 10.0. The second-order valence-electron chi connectivity index (χ2n) is 13.7. The molecule has 0 radical (unpaired) electrons. The molecule has 20 nitrogen and oxygen atoms in total. The number of hydrogen-bond donors (Lipinski definition) is 2. The Labute approximate surface area is 363 Å². The van der Waals surface area contributed by atoms with E-state index in [4.69, 9.17) is 52.1 Å². The first-order valence-corrected chi connectivity index (χ1v) is 21.4. The van der Waals surface area contributed by atoms with Crippen LogP contribution in [0.2, 0.25) is 0 Å². The number of amides is 5. The maximum absolute atomic E-state index is 13.2. The number of nitrogens with zero attached hydrogens (tertiary/aromatic N) is 1. The van der Waals surface area contributed by atoms with Crippen LogP contribution in [0.3, 0.4) is 0 Å². The summed E-state index contributed by atoms with van der Waals surface area (Å²) in [7, 11) is 0. The van der Waals surface area contributed by atoms with Crippen molar-refractivity contribution in [3.8, 4) is 0 Å². The highest BCUT2D eigenvalue weighted by atomic mass is 16.6. The lowest BCUT2D eigenvalue weighted by Gasteiger charge is -2.27. The molecule has 1 unspecified atom stereocenters. The first-order chi connectivity index (χ1) is 30.3. The second-order valence-corrected chi connectivity index (χ2v) is 13.7. The van der Waals surface area contributed by atoms with E-state index < -0.39 is 29.7 Å². The van der Waals surface area contributed by atoms with Gasteiger partial charge in [0.1, 0.15) is 6.04 Å². The molecule has 1 atom stereocenters. The summed E-state index contributed by atoms with van der Waals surface area (Å²) in [5, 5.41) is 4.90. The predicted molar refractivity (Wildman–Crippen MR) is 220 cm³/mol. The van der Waals surface area contributed by atoms with Gasteiger partial charge in [-0.25, -0.2) is 0 Å². The molecular formula is C42H65N3O17. The fourth-order valence-corrected chi connectivity index (χ4v) is 5.97. The molecule has 2 aliphatic rings. The van der Waals surface area contributed by atoms with Crippen LogP contribution in [0.15, 0.2) is 18.2 Å². The number of unbranched alkanes of at least 4 members (excludes halogenated alkanes) is 2. The molecule has 1 fully saturated rings. The molecule has 1 aromatic carbocycles. The van der Waals surface area contributed by atoms with E-state index in [-0.39, 0.29) is 54.4 Å². The van der Waals surface area contributed by atoms with Crippen molar-refractivity contribution in [1.82, 2.24) is 10.2 Å². The van der Waals surface area contributed by atoms with E-state index >= 15 is 0 Å². The zero-order chi connectivity index (χ0) is 44.5. The molecule has 2 N–H and O–H groups in total. The van der Waals surface area contributed by atoms with E-state index in [1.165, 1.54) is 6.07 Å². The SMILES string of the molecule is CCOC(=O)CCOCCOCCOCCOCCOCCOCCOCCOCCOCCOCCCCCC(=O)Nc1cccc2c1C(=O)N(C1CCC(=O)NC1=O)C2=O. The van der Waals surface area contributed by atoms with Crippen LogP contribution in [-0.4, -0.2) is 185 Å². The number of anilines is 1. The first kappa shape index (κ1) is 52.4. The minimum atomic E-state index is -1.08. The highest BCUT2D eigenvalue weighted by Gasteiger charge is 2.45. The van der Waals surface area contributed by atoms with Crippen LogP contribution >= 0.6 is 0 Å². The maximum Gasteiger partial charge on any atom is 0.308 e. The van der Waals surface area contributed by atoms with Gasteiger partial charge in [-0.2, -0.15) is 0 Å². The normalized spacial score (nSPS) is 15.0. The smallest absolute Gasteiger partial charge is 0.308 e. The van der Waals surface area contributed by atoms with Crippen LogP contribution in [0.25, 0.3) is 0 Å². The van der Waals surface area contributed by atoms with Crippen molar-refractivity contribution in [1.29, 1.82) is 0 Å². The van der Waals surface area contributed by atoms with Gasteiger partial charge in [-0.15, -0.1) is 0 Å². The van der Waals surface area contributed by atoms with Crippen molar-refractivity contribution in [3.05, 3.63) is 29.3 Å². The number of esters is 1. The Bertz CT molecular complexity index is 1480. The summed E-state index contributed by atoms with van der Waals surface area (Å²) in [6, 6.07) is 3.52. The average Bonchev–Trinajstić information content (AvgIpc) is 3.51. The van der Waals surface area contributed by atoms with Crippen molar-refractivity contribution in [2.45, 2.75) is 57.9 Å². The van der Waals surface area contributed by atoms with Crippen molar-refractivity contribution >= 4 is 41.2 Å². The Morgan fingerprint density at radius 1 is 0.597 bits per heavy atom. The number of carbonyl (C=O) groups excluding carboxylic acids is 6. The Balaban J connectivity index is 0.993. The molecule has 0 aliphatic carbocycles. The topological polar surface area (TPSA) is 231 Å². The number of piperidine rings is 1. The number of nitrogens with one attached hydrogen (secondary N) is 2. The van der Waals surface area contributed by atoms with Gasteiger partial charge in [-0.1, -0.05) is 12.5 Å². The number of ether oxygens (including phenoxy) is 11. The molecule has 0 bridgehead atoms. The van der Waals surface area contributed by atoms with Crippen molar-refractivity contribution in [2.75, 3.05) is 144 Å². The Morgan fingerprint density at radius 3 is 1.53 bits per heavy atom. The molecule has 3 rings (SSSR count). The van der Waals surface area contributed by atoms with Gasteiger partial charge in [0.15, 0.2) is 0 Å². The summed E-state index contributed by atoms with van der Waals surface area (Å²) in [5.74, 6) is -3.00. The third kappa shape index (κ3) is 21.9. The number of fused-ring (bicyclic) bond motifs is 1. The van der Waals surface area contributed by atoms with Gasteiger partial charge in [0.25, 0.3) is 11.8 Å². The fourth-order valence-electron chi connectivity index (χ4n) is 5.97. The number of benzene rings is 1. The lowest BCUT2D eigenvalue weighted by molar-refractivity contribution is -0.144. The van der Waals surface area contributed by atoms with Gasteiger partial charge in [0.2, 0.25) is 17.7 Å². The highest BCUT2D eigenvalue weighted by Crippen LogP contribution is 2.32. The predicted octanol–water partition coefficient (Wildman–Crippen LogP) is 1.71. The van der Waals surface area contributed by atoms with Gasteiger partial charge in [-0.3, -0.25) is 39.0 Å². The molecule has 0 aromatic heterocycles. The van der Waals surface area contributed by atoms with Crippen molar-refractivity contribution in [2.24, 2.45) is 0 Å². The summed E-state index contributed by atoms with van der Waals surface area (Å²) in [6.45, 7) is 11.1. The van der Waals surface area contributed by atoms with Gasteiger partial charge in [0, 0.05) is 19.4 Å².